The molecule has 1 heterocycles. The van der Waals surface area contributed by atoms with Gasteiger partial charge < -0.3 is 9.88 Å². The summed E-state index contributed by atoms with van der Waals surface area (Å²) in [4.78, 5) is 4.40. The van der Waals surface area contributed by atoms with E-state index in [9.17, 15) is 0 Å². The third kappa shape index (κ3) is 2.56. The normalized spacial score (nSPS) is 12.6. The fraction of sp³-hybridized carbons (Fsp3) is 0.357. The van der Waals surface area contributed by atoms with E-state index < -0.39 is 0 Å². The molecule has 3 heteroatoms. The van der Waals surface area contributed by atoms with Crippen LogP contribution < -0.4 is 5.32 Å². The van der Waals surface area contributed by atoms with Crippen LogP contribution in [0.5, 0.6) is 0 Å². The van der Waals surface area contributed by atoms with E-state index >= 15 is 0 Å². The quantitative estimate of drug-likeness (QED) is 0.852. The zero-order chi connectivity index (χ0) is 12.1. The fourth-order valence-electron chi connectivity index (χ4n) is 2.15. The minimum absolute atomic E-state index is 0.318. The summed E-state index contributed by atoms with van der Waals surface area (Å²) >= 11 is 0. The van der Waals surface area contributed by atoms with Gasteiger partial charge in [-0.2, -0.15) is 0 Å². The molecule has 90 valence electrons. The fourth-order valence-corrected chi connectivity index (χ4v) is 2.15. The van der Waals surface area contributed by atoms with Gasteiger partial charge in [0.2, 0.25) is 0 Å². The number of aryl methyl sites for hydroxylation is 1. The van der Waals surface area contributed by atoms with Crippen LogP contribution in [0.25, 0.3) is 0 Å². The Morgan fingerprint density at radius 3 is 2.71 bits per heavy atom. The van der Waals surface area contributed by atoms with Crippen molar-refractivity contribution in [2.75, 3.05) is 13.6 Å². The molecule has 1 unspecified atom stereocenters. The average Bonchev–Trinajstić information content (AvgIpc) is 2.85. The Kier molecular flexibility index (Phi) is 3.94. The number of nitrogens with zero attached hydrogens (tertiary/aromatic N) is 2. The van der Waals surface area contributed by atoms with E-state index in [4.69, 9.17) is 0 Å². The Hall–Kier alpha value is -1.61. The van der Waals surface area contributed by atoms with Crippen LogP contribution in [0.1, 0.15) is 24.4 Å². The maximum absolute atomic E-state index is 4.40. The van der Waals surface area contributed by atoms with Crippen molar-refractivity contribution in [3.8, 4) is 0 Å². The average molecular weight is 229 g/mol. The van der Waals surface area contributed by atoms with Crippen LogP contribution in [0.15, 0.2) is 42.7 Å². The number of benzene rings is 1. The standard InChI is InChI=1S/C14H19N3/c1-3-14-16-9-10-17(14)13(11-15-2)12-7-5-4-6-8-12/h4-10,13,15H,3,11H2,1-2H3. The van der Waals surface area contributed by atoms with Crippen LogP contribution in [-0.4, -0.2) is 23.1 Å². The first-order chi connectivity index (χ1) is 8.36. The number of imidazole rings is 1. The molecule has 1 N–H and O–H groups in total. The number of hydrogen-bond donors (Lipinski definition) is 1. The summed E-state index contributed by atoms with van der Waals surface area (Å²) in [6.45, 7) is 3.05. The second-order valence-corrected chi connectivity index (χ2v) is 4.09. The molecule has 0 aliphatic rings. The molecule has 2 rings (SSSR count). The molecule has 0 fully saturated rings. The van der Waals surface area contributed by atoms with E-state index in [1.807, 2.05) is 13.2 Å². The van der Waals surface area contributed by atoms with Crippen molar-refractivity contribution in [2.45, 2.75) is 19.4 Å². The molecule has 1 atom stereocenters. The van der Waals surface area contributed by atoms with Crippen LogP contribution in [0.3, 0.4) is 0 Å². The SMILES string of the molecule is CCc1nccn1C(CNC)c1ccccc1. The smallest absolute Gasteiger partial charge is 0.108 e. The number of aromatic nitrogens is 2. The van der Waals surface area contributed by atoms with Crippen molar-refractivity contribution in [3.63, 3.8) is 0 Å². The van der Waals surface area contributed by atoms with Crippen LogP contribution in [0.2, 0.25) is 0 Å². The maximum Gasteiger partial charge on any atom is 0.108 e. The lowest BCUT2D eigenvalue weighted by Gasteiger charge is -2.20. The van der Waals surface area contributed by atoms with Gasteiger partial charge in [-0.1, -0.05) is 37.3 Å². The number of nitrogens with one attached hydrogen (secondary N) is 1. The predicted octanol–water partition coefficient (Wildman–Crippen LogP) is 2.25. The molecule has 0 bridgehead atoms. The Labute approximate surface area is 103 Å². The summed E-state index contributed by atoms with van der Waals surface area (Å²) in [5.74, 6) is 1.13. The van der Waals surface area contributed by atoms with Gasteiger partial charge in [0.25, 0.3) is 0 Å². The summed E-state index contributed by atoms with van der Waals surface area (Å²) in [5, 5.41) is 3.26. The zero-order valence-corrected chi connectivity index (χ0v) is 10.4. The highest BCUT2D eigenvalue weighted by Gasteiger charge is 2.14. The molecule has 3 nitrogen and oxygen atoms in total. The molecular formula is C14H19N3. The van der Waals surface area contributed by atoms with Gasteiger partial charge in [-0.15, -0.1) is 0 Å². The molecule has 0 saturated heterocycles. The molecule has 2 aromatic rings. The number of rotatable bonds is 5. The Balaban J connectivity index is 2.36. The highest BCUT2D eigenvalue weighted by molar-refractivity contribution is 5.21. The zero-order valence-electron chi connectivity index (χ0n) is 10.4. The van der Waals surface area contributed by atoms with Crippen LogP contribution in [0, 0.1) is 0 Å². The van der Waals surface area contributed by atoms with Gasteiger partial charge in [0.1, 0.15) is 5.82 Å². The minimum Gasteiger partial charge on any atom is -0.326 e. The van der Waals surface area contributed by atoms with Gasteiger partial charge in [0, 0.05) is 25.4 Å². The van der Waals surface area contributed by atoms with Crippen LogP contribution >= 0.6 is 0 Å². The Morgan fingerprint density at radius 2 is 2.06 bits per heavy atom. The monoisotopic (exact) mass is 229 g/mol. The Bertz CT molecular complexity index is 448. The van der Waals surface area contributed by atoms with Gasteiger partial charge in [0.05, 0.1) is 6.04 Å². The molecule has 0 amide bonds. The van der Waals surface area contributed by atoms with E-state index in [0.717, 1.165) is 18.8 Å². The Morgan fingerprint density at radius 1 is 1.29 bits per heavy atom. The van der Waals surface area contributed by atoms with Crippen molar-refractivity contribution in [2.24, 2.45) is 0 Å². The van der Waals surface area contributed by atoms with Gasteiger partial charge in [-0.3, -0.25) is 0 Å². The highest BCUT2D eigenvalue weighted by atomic mass is 15.1. The largest absolute Gasteiger partial charge is 0.326 e. The number of hydrogen-bond acceptors (Lipinski definition) is 2. The highest BCUT2D eigenvalue weighted by Crippen LogP contribution is 2.19. The van der Waals surface area contributed by atoms with Gasteiger partial charge >= 0.3 is 0 Å². The summed E-state index contributed by atoms with van der Waals surface area (Å²) in [5.41, 5.74) is 1.31. The summed E-state index contributed by atoms with van der Waals surface area (Å²) < 4.78 is 2.26. The molecule has 17 heavy (non-hydrogen) atoms. The summed E-state index contributed by atoms with van der Waals surface area (Å²) in [6, 6.07) is 10.9. The van der Waals surface area contributed by atoms with Gasteiger partial charge in [-0.05, 0) is 12.6 Å². The van der Waals surface area contributed by atoms with Gasteiger partial charge in [0.15, 0.2) is 0 Å². The van der Waals surface area contributed by atoms with E-state index in [1.54, 1.807) is 0 Å². The van der Waals surface area contributed by atoms with Crippen molar-refractivity contribution < 1.29 is 0 Å². The lowest BCUT2D eigenvalue weighted by atomic mass is 10.1. The van der Waals surface area contributed by atoms with Crippen LogP contribution in [0.4, 0.5) is 0 Å². The van der Waals surface area contributed by atoms with E-state index in [0.29, 0.717) is 6.04 Å². The summed E-state index contributed by atoms with van der Waals surface area (Å²) in [6.07, 6.45) is 4.90. The molecule has 1 aromatic heterocycles. The minimum atomic E-state index is 0.318. The number of likely N-dealkylation sites (N-methyl/N-ethyl adjacent to an activating group) is 1. The molecule has 0 aliphatic carbocycles. The van der Waals surface area contributed by atoms with E-state index in [2.05, 4.69) is 58.3 Å². The predicted molar refractivity (Wildman–Crippen MR) is 70.1 cm³/mol. The third-order valence-electron chi connectivity index (χ3n) is 2.98. The summed E-state index contributed by atoms with van der Waals surface area (Å²) in [7, 11) is 1.98. The van der Waals surface area contributed by atoms with Gasteiger partial charge in [-0.25, -0.2) is 4.98 Å². The second kappa shape index (κ2) is 5.64. The molecule has 1 aromatic carbocycles. The third-order valence-corrected chi connectivity index (χ3v) is 2.98. The topological polar surface area (TPSA) is 29.9 Å². The molecule has 0 aliphatic heterocycles. The van der Waals surface area contributed by atoms with Crippen LogP contribution in [-0.2, 0) is 6.42 Å². The maximum atomic E-state index is 4.40. The first kappa shape index (κ1) is 11.9. The molecule has 0 spiro atoms. The van der Waals surface area contributed by atoms with E-state index in [1.165, 1.54) is 5.56 Å². The van der Waals surface area contributed by atoms with Crippen molar-refractivity contribution in [1.29, 1.82) is 0 Å². The lowest BCUT2D eigenvalue weighted by molar-refractivity contribution is 0.530. The molecule has 0 radical (unpaired) electrons. The van der Waals surface area contributed by atoms with Crippen molar-refractivity contribution >= 4 is 0 Å². The first-order valence-corrected chi connectivity index (χ1v) is 6.08. The molecular weight excluding hydrogens is 210 g/mol. The lowest BCUT2D eigenvalue weighted by Crippen LogP contribution is -2.24. The van der Waals surface area contributed by atoms with Crippen molar-refractivity contribution in [3.05, 3.63) is 54.1 Å². The first-order valence-electron chi connectivity index (χ1n) is 6.08. The van der Waals surface area contributed by atoms with E-state index in [-0.39, 0.29) is 0 Å². The second-order valence-electron chi connectivity index (χ2n) is 4.09. The molecule has 0 saturated carbocycles. The van der Waals surface area contributed by atoms with Crippen molar-refractivity contribution in [1.82, 2.24) is 14.9 Å².